The molecule has 1 aliphatic rings. The summed E-state index contributed by atoms with van der Waals surface area (Å²) in [6.07, 6.45) is 2.19. The summed E-state index contributed by atoms with van der Waals surface area (Å²) < 4.78 is 46.0. The van der Waals surface area contributed by atoms with Gasteiger partial charge < -0.3 is 25.2 Å². The molecule has 0 radical (unpaired) electrons. The summed E-state index contributed by atoms with van der Waals surface area (Å²) >= 11 is 0. The number of aromatic nitrogens is 1. The number of ether oxygens (including phenoxy) is 1. The van der Waals surface area contributed by atoms with Crippen LogP contribution in [0.25, 0.3) is 10.9 Å². The monoisotopic (exact) mass is 531 g/mol. The molecule has 38 heavy (non-hydrogen) atoms. The van der Waals surface area contributed by atoms with Gasteiger partial charge in [0.05, 0.1) is 29.8 Å². The largest absolute Gasteiger partial charge is 0.497 e. The van der Waals surface area contributed by atoms with Gasteiger partial charge in [0.2, 0.25) is 0 Å². The SMILES string of the molecule is COc1ccc2ncc(C)c([C@H](O)CCC3(C(=O)O)CCN(CCNc4cc(F)cc(F)c4F)CC3)c2c1. The van der Waals surface area contributed by atoms with Crippen LogP contribution in [0.4, 0.5) is 18.9 Å². The van der Waals surface area contributed by atoms with Crippen molar-refractivity contribution in [3.8, 4) is 5.75 Å². The van der Waals surface area contributed by atoms with Crippen LogP contribution in [-0.2, 0) is 4.79 Å². The maximum atomic E-state index is 13.8. The van der Waals surface area contributed by atoms with E-state index in [2.05, 4.69) is 10.3 Å². The number of methoxy groups -OCH3 is 1. The molecule has 7 nitrogen and oxygen atoms in total. The lowest BCUT2D eigenvalue weighted by atomic mass is 9.74. The summed E-state index contributed by atoms with van der Waals surface area (Å²) in [6, 6.07) is 6.85. The van der Waals surface area contributed by atoms with E-state index in [0.717, 1.165) is 28.1 Å². The zero-order chi connectivity index (χ0) is 27.4. The molecule has 2 heterocycles. The van der Waals surface area contributed by atoms with Crippen molar-refractivity contribution < 1.29 is 32.9 Å². The van der Waals surface area contributed by atoms with Crippen LogP contribution in [0.3, 0.4) is 0 Å². The molecule has 0 bridgehead atoms. The Kier molecular flexibility index (Phi) is 8.42. The zero-order valence-corrected chi connectivity index (χ0v) is 21.4. The highest BCUT2D eigenvalue weighted by atomic mass is 19.2. The first-order chi connectivity index (χ1) is 18.1. The normalized spacial score (nSPS) is 16.4. The van der Waals surface area contributed by atoms with Gasteiger partial charge in [-0.2, -0.15) is 0 Å². The highest BCUT2D eigenvalue weighted by Gasteiger charge is 2.41. The smallest absolute Gasteiger partial charge is 0.309 e. The number of aliphatic carboxylic acids is 1. The summed E-state index contributed by atoms with van der Waals surface area (Å²) in [5.74, 6) is -3.51. The van der Waals surface area contributed by atoms with E-state index in [1.807, 2.05) is 24.0 Å². The fourth-order valence-electron chi connectivity index (χ4n) is 5.23. The van der Waals surface area contributed by atoms with E-state index in [1.165, 1.54) is 0 Å². The minimum atomic E-state index is -1.26. The number of hydrogen-bond acceptors (Lipinski definition) is 6. The summed E-state index contributed by atoms with van der Waals surface area (Å²) in [4.78, 5) is 18.8. The Morgan fingerprint density at radius 3 is 2.63 bits per heavy atom. The molecule has 0 saturated carbocycles. The molecule has 0 unspecified atom stereocenters. The van der Waals surface area contributed by atoms with Crippen molar-refractivity contribution in [3.05, 3.63) is 65.1 Å². The third-order valence-corrected chi connectivity index (χ3v) is 7.55. The highest BCUT2D eigenvalue weighted by Crippen LogP contribution is 2.40. The van der Waals surface area contributed by atoms with E-state index in [9.17, 15) is 28.2 Å². The van der Waals surface area contributed by atoms with E-state index in [1.54, 1.807) is 19.4 Å². The number of halogens is 3. The van der Waals surface area contributed by atoms with Crippen molar-refractivity contribution in [2.75, 3.05) is 38.6 Å². The molecule has 1 fully saturated rings. The summed E-state index contributed by atoms with van der Waals surface area (Å²) in [5, 5.41) is 24.8. The molecule has 10 heteroatoms. The molecule has 1 saturated heterocycles. The second kappa shape index (κ2) is 11.6. The van der Waals surface area contributed by atoms with Crippen LogP contribution in [0.5, 0.6) is 5.75 Å². The number of benzene rings is 2. The first-order valence-corrected chi connectivity index (χ1v) is 12.6. The Hall–Kier alpha value is -3.37. The number of aliphatic hydroxyl groups is 1. The van der Waals surface area contributed by atoms with Crippen molar-refractivity contribution in [2.24, 2.45) is 5.41 Å². The van der Waals surface area contributed by atoms with Crippen LogP contribution >= 0.6 is 0 Å². The van der Waals surface area contributed by atoms with Gasteiger partial charge in [-0.1, -0.05) is 0 Å². The third-order valence-electron chi connectivity index (χ3n) is 7.55. The molecule has 1 aromatic heterocycles. The van der Waals surface area contributed by atoms with Crippen LogP contribution in [0, 0.1) is 29.8 Å². The van der Waals surface area contributed by atoms with Crippen LogP contribution in [0.15, 0.2) is 36.5 Å². The lowest BCUT2D eigenvalue weighted by Gasteiger charge is -2.39. The molecule has 1 atom stereocenters. The molecule has 3 aromatic rings. The Morgan fingerprint density at radius 2 is 1.95 bits per heavy atom. The quantitative estimate of drug-likeness (QED) is 0.315. The number of piperidine rings is 1. The second-order valence-electron chi connectivity index (χ2n) is 9.90. The molecular weight excluding hydrogens is 499 g/mol. The van der Waals surface area contributed by atoms with E-state index >= 15 is 0 Å². The van der Waals surface area contributed by atoms with Crippen LogP contribution in [0.1, 0.15) is 42.9 Å². The maximum Gasteiger partial charge on any atom is 0.309 e. The Balaban J connectivity index is 1.37. The van der Waals surface area contributed by atoms with Gasteiger partial charge in [-0.05, 0) is 75.0 Å². The average molecular weight is 532 g/mol. The Morgan fingerprint density at radius 1 is 1.21 bits per heavy atom. The van der Waals surface area contributed by atoms with Crippen LogP contribution < -0.4 is 10.1 Å². The van der Waals surface area contributed by atoms with E-state index in [4.69, 9.17) is 4.74 Å². The number of nitrogens with one attached hydrogen (secondary N) is 1. The predicted octanol–water partition coefficient (Wildman–Crippen LogP) is 5.06. The number of likely N-dealkylation sites (tertiary alicyclic amines) is 1. The van der Waals surface area contributed by atoms with Gasteiger partial charge in [-0.15, -0.1) is 0 Å². The maximum absolute atomic E-state index is 13.8. The molecule has 2 aromatic carbocycles. The number of aliphatic hydroxyl groups excluding tert-OH is 1. The standard InChI is InChI=1S/C28H32F3N3O4/c1-17-16-33-22-4-3-19(38-2)15-20(22)25(17)24(35)5-6-28(27(36)37)7-10-34(11-8-28)12-9-32-23-14-18(29)13-21(30)26(23)31/h3-4,13-16,24,32,35H,5-12H2,1-2H3,(H,36,37)/t24-/m1/s1. The number of carboxylic acid groups (broad SMARTS) is 1. The van der Waals surface area contributed by atoms with Crippen LogP contribution in [-0.4, -0.2) is 59.4 Å². The number of aryl methyl sites for hydroxylation is 1. The minimum absolute atomic E-state index is 0.245. The van der Waals surface area contributed by atoms with Crippen molar-refractivity contribution in [2.45, 2.75) is 38.7 Å². The molecule has 3 N–H and O–H groups in total. The number of pyridine rings is 1. The van der Waals surface area contributed by atoms with Gasteiger partial charge in [0.1, 0.15) is 11.6 Å². The summed E-state index contributed by atoms with van der Waals surface area (Å²) in [5.41, 5.74) is 1.04. The van der Waals surface area contributed by atoms with E-state index < -0.39 is 34.9 Å². The zero-order valence-electron chi connectivity index (χ0n) is 21.4. The number of anilines is 1. The van der Waals surface area contributed by atoms with Crippen molar-refractivity contribution in [1.29, 1.82) is 0 Å². The molecule has 4 rings (SSSR count). The van der Waals surface area contributed by atoms with E-state index in [0.29, 0.717) is 50.7 Å². The molecule has 0 amide bonds. The summed E-state index contributed by atoms with van der Waals surface area (Å²) in [7, 11) is 1.57. The number of nitrogens with zero attached hydrogens (tertiary/aromatic N) is 2. The topological polar surface area (TPSA) is 94.9 Å². The number of carbonyl (C=O) groups is 1. The number of fused-ring (bicyclic) bond motifs is 1. The molecular formula is C28H32F3N3O4. The van der Waals surface area contributed by atoms with Gasteiger partial charge in [0, 0.05) is 36.8 Å². The number of rotatable bonds is 10. The predicted molar refractivity (Wildman–Crippen MR) is 138 cm³/mol. The van der Waals surface area contributed by atoms with Gasteiger partial charge in [-0.25, -0.2) is 13.2 Å². The molecule has 0 aliphatic carbocycles. The molecule has 0 spiro atoms. The number of hydrogen-bond donors (Lipinski definition) is 3. The molecule has 1 aliphatic heterocycles. The summed E-state index contributed by atoms with van der Waals surface area (Å²) in [6.45, 7) is 3.57. The first-order valence-electron chi connectivity index (χ1n) is 12.6. The van der Waals surface area contributed by atoms with Crippen molar-refractivity contribution in [3.63, 3.8) is 0 Å². The lowest BCUT2D eigenvalue weighted by Crippen LogP contribution is -2.45. The van der Waals surface area contributed by atoms with Gasteiger partial charge in [0.15, 0.2) is 11.6 Å². The van der Waals surface area contributed by atoms with Gasteiger partial charge >= 0.3 is 5.97 Å². The van der Waals surface area contributed by atoms with E-state index in [-0.39, 0.29) is 18.7 Å². The third kappa shape index (κ3) is 5.86. The second-order valence-corrected chi connectivity index (χ2v) is 9.90. The Bertz CT molecular complexity index is 1310. The van der Waals surface area contributed by atoms with Crippen molar-refractivity contribution >= 4 is 22.6 Å². The highest BCUT2D eigenvalue weighted by molar-refractivity contribution is 5.85. The van der Waals surface area contributed by atoms with Crippen molar-refractivity contribution in [1.82, 2.24) is 9.88 Å². The van der Waals surface area contributed by atoms with Gasteiger partial charge in [0.25, 0.3) is 0 Å². The first kappa shape index (κ1) is 27.7. The number of carboxylic acids is 1. The molecule has 204 valence electrons. The van der Waals surface area contributed by atoms with Crippen LogP contribution in [0.2, 0.25) is 0 Å². The fourth-order valence-corrected chi connectivity index (χ4v) is 5.23. The Labute approximate surface area is 219 Å². The van der Waals surface area contributed by atoms with Gasteiger partial charge in [-0.3, -0.25) is 9.78 Å². The lowest BCUT2D eigenvalue weighted by molar-refractivity contribution is -0.153. The fraction of sp³-hybridized carbons (Fsp3) is 0.429. The average Bonchev–Trinajstić information content (AvgIpc) is 2.90. The minimum Gasteiger partial charge on any atom is -0.497 e.